The fourth-order valence-corrected chi connectivity index (χ4v) is 1.87. The maximum absolute atomic E-state index is 11.6. The molecule has 12 heavy (non-hydrogen) atoms. The monoisotopic (exact) mass is 183 g/mol. The lowest BCUT2D eigenvalue weighted by atomic mass is 10.0. The van der Waals surface area contributed by atoms with Gasteiger partial charge in [-0.3, -0.25) is 4.79 Å². The highest BCUT2D eigenvalue weighted by Gasteiger charge is 2.17. The topological polar surface area (TPSA) is 43.1 Å². The average Bonchev–Trinajstić information content (AvgIpc) is 2.30. The van der Waals surface area contributed by atoms with Gasteiger partial charge >= 0.3 is 0 Å². The number of nitrogens with two attached hydrogens (primary N) is 1. The van der Waals surface area contributed by atoms with Crippen molar-refractivity contribution in [2.75, 3.05) is 5.73 Å². The van der Waals surface area contributed by atoms with E-state index in [1.54, 1.807) is 0 Å². The third-order valence-corrected chi connectivity index (χ3v) is 2.70. The molecule has 1 rings (SSSR count). The predicted molar refractivity (Wildman–Crippen MR) is 52.6 cm³/mol. The van der Waals surface area contributed by atoms with Crippen LogP contribution in [0.1, 0.15) is 29.8 Å². The molecule has 0 radical (unpaired) electrons. The molecule has 66 valence electrons. The molecule has 0 fully saturated rings. The van der Waals surface area contributed by atoms with Crippen molar-refractivity contribution in [1.29, 1.82) is 0 Å². The molecule has 0 bridgehead atoms. The van der Waals surface area contributed by atoms with Crippen LogP contribution in [0.4, 0.5) is 5.00 Å². The van der Waals surface area contributed by atoms with Crippen LogP contribution in [0, 0.1) is 12.8 Å². The van der Waals surface area contributed by atoms with Crippen LogP contribution in [-0.2, 0) is 0 Å². The number of Topliss-reactive ketones (excluding diaryl/α,β-unsaturated/α-hetero) is 1. The van der Waals surface area contributed by atoms with Gasteiger partial charge in [-0.25, -0.2) is 0 Å². The zero-order valence-electron chi connectivity index (χ0n) is 7.55. The predicted octanol–water partition coefficient (Wildman–Crippen LogP) is 2.48. The number of thiophene rings is 1. The zero-order valence-corrected chi connectivity index (χ0v) is 8.37. The van der Waals surface area contributed by atoms with E-state index in [2.05, 4.69) is 0 Å². The van der Waals surface area contributed by atoms with Gasteiger partial charge in [-0.15, -0.1) is 11.3 Å². The summed E-state index contributed by atoms with van der Waals surface area (Å²) in [7, 11) is 0. The minimum Gasteiger partial charge on any atom is -0.390 e. The SMILES string of the molecule is Cc1csc(N)c1C(=O)C(C)C. The minimum atomic E-state index is 0.0283. The average molecular weight is 183 g/mol. The largest absolute Gasteiger partial charge is 0.390 e. The lowest BCUT2D eigenvalue weighted by Gasteiger charge is -2.03. The van der Waals surface area contributed by atoms with Crippen LogP contribution in [0.5, 0.6) is 0 Å². The van der Waals surface area contributed by atoms with Crippen LogP contribution >= 0.6 is 11.3 Å². The number of anilines is 1. The lowest BCUT2D eigenvalue weighted by Crippen LogP contribution is -2.09. The molecular weight excluding hydrogens is 170 g/mol. The molecule has 0 amide bonds. The van der Waals surface area contributed by atoms with E-state index in [0.29, 0.717) is 5.00 Å². The quantitative estimate of drug-likeness (QED) is 0.716. The minimum absolute atomic E-state index is 0.0283. The second kappa shape index (κ2) is 3.27. The smallest absolute Gasteiger partial charge is 0.168 e. The summed E-state index contributed by atoms with van der Waals surface area (Å²) in [5, 5.41) is 2.57. The number of ketones is 1. The Morgan fingerprint density at radius 3 is 2.50 bits per heavy atom. The summed E-state index contributed by atoms with van der Waals surface area (Å²) in [5.74, 6) is 0.173. The van der Waals surface area contributed by atoms with E-state index in [-0.39, 0.29) is 11.7 Å². The first-order chi connectivity index (χ1) is 5.54. The Kier molecular flexibility index (Phi) is 2.52. The Bertz CT molecular complexity index is 282. The Morgan fingerprint density at radius 2 is 2.17 bits per heavy atom. The molecule has 0 aromatic carbocycles. The summed E-state index contributed by atoms with van der Waals surface area (Å²) in [6, 6.07) is 0. The van der Waals surface area contributed by atoms with Crippen molar-refractivity contribution in [2.24, 2.45) is 5.92 Å². The van der Waals surface area contributed by atoms with Gasteiger partial charge in [0.2, 0.25) is 0 Å². The van der Waals surface area contributed by atoms with E-state index >= 15 is 0 Å². The summed E-state index contributed by atoms with van der Waals surface area (Å²) in [6.45, 7) is 5.69. The van der Waals surface area contributed by atoms with Crippen molar-refractivity contribution in [1.82, 2.24) is 0 Å². The number of carbonyl (C=O) groups is 1. The molecule has 1 heterocycles. The van der Waals surface area contributed by atoms with Gasteiger partial charge in [0.15, 0.2) is 5.78 Å². The summed E-state index contributed by atoms with van der Waals surface area (Å²) in [5.41, 5.74) is 7.39. The molecular formula is C9H13NOS. The van der Waals surface area contributed by atoms with Crippen LogP contribution in [0.2, 0.25) is 0 Å². The van der Waals surface area contributed by atoms with E-state index < -0.39 is 0 Å². The zero-order chi connectivity index (χ0) is 9.30. The van der Waals surface area contributed by atoms with E-state index in [1.807, 2.05) is 26.2 Å². The third kappa shape index (κ3) is 1.50. The molecule has 0 saturated heterocycles. The first kappa shape index (κ1) is 9.26. The van der Waals surface area contributed by atoms with Gasteiger partial charge in [0.1, 0.15) is 0 Å². The summed E-state index contributed by atoms with van der Waals surface area (Å²) < 4.78 is 0. The molecule has 0 saturated carbocycles. The van der Waals surface area contributed by atoms with Gasteiger partial charge in [-0.1, -0.05) is 13.8 Å². The second-order valence-corrected chi connectivity index (χ2v) is 4.09. The first-order valence-electron chi connectivity index (χ1n) is 3.91. The van der Waals surface area contributed by atoms with Gasteiger partial charge in [0, 0.05) is 5.92 Å². The molecule has 3 heteroatoms. The molecule has 2 N–H and O–H groups in total. The normalized spacial score (nSPS) is 10.7. The Balaban J connectivity index is 3.09. The molecule has 1 aromatic heterocycles. The van der Waals surface area contributed by atoms with E-state index in [9.17, 15) is 4.79 Å². The fourth-order valence-electron chi connectivity index (χ4n) is 1.07. The van der Waals surface area contributed by atoms with Crippen LogP contribution < -0.4 is 5.73 Å². The highest BCUT2D eigenvalue weighted by molar-refractivity contribution is 7.14. The fraction of sp³-hybridized carbons (Fsp3) is 0.444. The maximum Gasteiger partial charge on any atom is 0.168 e. The van der Waals surface area contributed by atoms with Crippen molar-refractivity contribution in [3.05, 3.63) is 16.5 Å². The van der Waals surface area contributed by atoms with Crippen molar-refractivity contribution in [2.45, 2.75) is 20.8 Å². The molecule has 2 nitrogen and oxygen atoms in total. The van der Waals surface area contributed by atoms with Crippen LogP contribution in [0.25, 0.3) is 0 Å². The van der Waals surface area contributed by atoms with Crippen molar-refractivity contribution in [3.63, 3.8) is 0 Å². The van der Waals surface area contributed by atoms with Gasteiger partial charge < -0.3 is 5.73 Å². The number of hydrogen-bond donors (Lipinski definition) is 1. The van der Waals surface area contributed by atoms with Gasteiger partial charge in [0.05, 0.1) is 10.6 Å². The molecule has 1 aromatic rings. The molecule has 0 spiro atoms. The van der Waals surface area contributed by atoms with E-state index in [4.69, 9.17) is 5.73 Å². The van der Waals surface area contributed by atoms with Gasteiger partial charge in [-0.2, -0.15) is 0 Å². The Morgan fingerprint density at radius 1 is 1.58 bits per heavy atom. The number of rotatable bonds is 2. The van der Waals surface area contributed by atoms with Gasteiger partial charge in [0.25, 0.3) is 0 Å². The summed E-state index contributed by atoms with van der Waals surface area (Å²) in [6.07, 6.45) is 0. The number of nitrogen functional groups attached to an aromatic ring is 1. The highest BCUT2D eigenvalue weighted by atomic mass is 32.1. The number of hydrogen-bond acceptors (Lipinski definition) is 3. The maximum atomic E-state index is 11.6. The number of aryl methyl sites for hydroxylation is 1. The summed E-state index contributed by atoms with van der Waals surface area (Å²) in [4.78, 5) is 11.6. The van der Waals surface area contributed by atoms with Crippen molar-refractivity contribution < 1.29 is 4.79 Å². The first-order valence-corrected chi connectivity index (χ1v) is 4.79. The standard InChI is InChI=1S/C9H13NOS/c1-5(2)8(11)7-6(3)4-12-9(7)10/h4-5H,10H2,1-3H3. The molecule has 0 aliphatic heterocycles. The highest BCUT2D eigenvalue weighted by Crippen LogP contribution is 2.26. The second-order valence-electron chi connectivity index (χ2n) is 3.18. The van der Waals surface area contributed by atoms with Crippen LogP contribution in [0.3, 0.4) is 0 Å². The van der Waals surface area contributed by atoms with Crippen LogP contribution in [0.15, 0.2) is 5.38 Å². The molecule has 0 aliphatic carbocycles. The Hall–Kier alpha value is -0.830. The van der Waals surface area contributed by atoms with Crippen molar-refractivity contribution in [3.8, 4) is 0 Å². The Labute approximate surface area is 76.4 Å². The van der Waals surface area contributed by atoms with E-state index in [1.165, 1.54) is 11.3 Å². The van der Waals surface area contributed by atoms with E-state index in [0.717, 1.165) is 11.1 Å². The van der Waals surface area contributed by atoms with Gasteiger partial charge in [-0.05, 0) is 17.9 Å². The summed E-state index contributed by atoms with van der Waals surface area (Å²) >= 11 is 1.43. The van der Waals surface area contributed by atoms with Crippen LogP contribution in [-0.4, -0.2) is 5.78 Å². The number of carbonyl (C=O) groups excluding carboxylic acids is 1. The van der Waals surface area contributed by atoms with Crippen molar-refractivity contribution >= 4 is 22.1 Å². The lowest BCUT2D eigenvalue weighted by molar-refractivity contribution is 0.0940. The molecule has 0 unspecified atom stereocenters. The molecule has 0 atom stereocenters. The third-order valence-electron chi connectivity index (χ3n) is 1.77. The molecule has 0 aliphatic rings.